The zero-order chi connectivity index (χ0) is 17.6. The Hall–Kier alpha value is -1.13. The number of thiophene rings is 1. The standard InChI is InChI=1S/C18H27N5OS.HI/c1-13-10-15(24-22-13)12-21-18(19-2)20-11-14-6-4-8-23(3)17(14)16-7-5-9-25-16;/h5,7,9-10,14,17H,4,6,8,11-12H2,1-3H3,(H2,19,20,21);1H. The Balaban J connectivity index is 0.00000243. The van der Waals surface area contributed by atoms with E-state index in [-0.39, 0.29) is 24.0 Å². The molecule has 0 aromatic carbocycles. The van der Waals surface area contributed by atoms with Crippen molar-refractivity contribution in [1.82, 2.24) is 20.7 Å². The maximum absolute atomic E-state index is 5.23. The number of nitrogens with zero attached hydrogens (tertiary/aromatic N) is 3. The van der Waals surface area contributed by atoms with E-state index in [1.807, 2.05) is 24.3 Å². The monoisotopic (exact) mass is 489 g/mol. The Kier molecular flexibility index (Phi) is 8.36. The third kappa shape index (κ3) is 5.43. The highest BCUT2D eigenvalue weighted by Gasteiger charge is 2.31. The molecule has 3 rings (SSSR count). The van der Waals surface area contributed by atoms with Gasteiger partial charge in [0.05, 0.1) is 12.2 Å². The number of hydrogen-bond donors (Lipinski definition) is 2. The molecule has 6 nitrogen and oxygen atoms in total. The van der Waals surface area contributed by atoms with Crippen LogP contribution in [0, 0.1) is 12.8 Å². The molecule has 0 radical (unpaired) electrons. The van der Waals surface area contributed by atoms with E-state index >= 15 is 0 Å². The van der Waals surface area contributed by atoms with Crippen molar-refractivity contribution in [2.75, 3.05) is 27.2 Å². The first-order valence-corrected chi connectivity index (χ1v) is 9.65. The Morgan fingerprint density at radius 1 is 1.46 bits per heavy atom. The van der Waals surface area contributed by atoms with Crippen molar-refractivity contribution in [3.05, 3.63) is 39.9 Å². The van der Waals surface area contributed by atoms with Crippen LogP contribution in [0.3, 0.4) is 0 Å². The van der Waals surface area contributed by atoms with Crippen LogP contribution in [0.15, 0.2) is 33.1 Å². The Morgan fingerprint density at radius 3 is 2.96 bits per heavy atom. The highest BCUT2D eigenvalue weighted by Crippen LogP contribution is 2.36. The fraction of sp³-hybridized carbons (Fsp3) is 0.556. The zero-order valence-electron chi connectivity index (χ0n) is 15.6. The van der Waals surface area contributed by atoms with E-state index in [9.17, 15) is 0 Å². The molecule has 144 valence electrons. The van der Waals surface area contributed by atoms with Crippen molar-refractivity contribution >= 4 is 41.3 Å². The van der Waals surface area contributed by atoms with Crippen LogP contribution >= 0.6 is 35.3 Å². The van der Waals surface area contributed by atoms with E-state index in [0.29, 0.717) is 18.5 Å². The second-order valence-corrected chi connectivity index (χ2v) is 7.56. The molecule has 0 saturated carbocycles. The molecule has 26 heavy (non-hydrogen) atoms. The summed E-state index contributed by atoms with van der Waals surface area (Å²) in [5, 5.41) is 12.9. The van der Waals surface area contributed by atoms with Gasteiger partial charge in [-0.1, -0.05) is 11.2 Å². The van der Waals surface area contributed by atoms with Gasteiger partial charge in [-0.3, -0.25) is 9.89 Å². The minimum atomic E-state index is 0. The number of piperidine rings is 1. The molecule has 2 N–H and O–H groups in total. The lowest BCUT2D eigenvalue weighted by atomic mass is 9.88. The molecule has 0 amide bonds. The first-order valence-electron chi connectivity index (χ1n) is 8.77. The van der Waals surface area contributed by atoms with Crippen LogP contribution < -0.4 is 10.6 Å². The number of likely N-dealkylation sites (tertiary alicyclic amines) is 1. The molecule has 0 spiro atoms. The molecule has 0 aliphatic carbocycles. The van der Waals surface area contributed by atoms with E-state index in [0.717, 1.165) is 30.5 Å². The number of aromatic nitrogens is 1. The van der Waals surface area contributed by atoms with E-state index in [2.05, 4.69) is 50.2 Å². The molecule has 8 heteroatoms. The predicted octanol–water partition coefficient (Wildman–Crippen LogP) is 3.41. The van der Waals surface area contributed by atoms with Crippen molar-refractivity contribution in [3.8, 4) is 0 Å². The third-order valence-electron chi connectivity index (χ3n) is 4.70. The van der Waals surface area contributed by atoms with E-state index < -0.39 is 0 Å². The molecular weight excluding hydrogens is 461 g/mol. The summed E-state index contributed by atoms with van der Waals surface area (Å²) in [6, 6.07) is 6.82. The second-order valence-electron chi connectivity index (χ2n) is 6.58. The van der Waals surface area contributed by atoms with Crippen molar-refractivity contribution in [1.29, 1.82) is 0 Å². The molecule has 1 saturated heterocycles. The highest BCUT2D eigenvalue weighted by atomic mass is 127. The molecule has 2 aromatic rings. The Morgan fingerprint density at radius 2 is 2.31 bits per heavy atom. The van der Waals surface area contributed by atoms with Crippen LogP contribution in [0.4, 0.5) is 0 Å². The van der Waals surface area contributed by atoms with Gasteiger partial charge in [-0.05, 0) is 50.7 Å². The van der Waals surface area contributed by atoms with Gasteiger partial charge in [-0.15, -0.1) is 35.3 Å². The van der Waals surface area contributed by atoms with Gasteiger partial charge in [0.15, 0.2) is 11.7 Å². The summed E-state index contributed by atoms with van der Waals surface area (Å²) in [4.78, 5) is 8.26. The number of aryl methyl sites for hydroxylation is 1. The van der Waals surface area contributed by atoms with Crippen LogP contribution in [0.1, 0.15) is 35.2 Å². The Labute approximate surface area is 176 Å². The summed E-state index contributed by atoms with van der Waals surface area (Å²) in [5.74, 6) is 2.19. The summed E-state index contributed by atoms with van der Waals surface area (Å²) >= 11 is 1.85. The average molecular weight is 489 g/mol. The topological polar surface area (TPSA) is 65.7 Å². The van der Waals surface area contributed by atoms with Gasteiger partial charge in [0.2, 0.25) is 0 Å². The van der Waals surface area contributed by atoms with Crippen molar-refractivity contribution in [2.45, 2.75) is 32.4 Å². The molecule has 1 fully saturated rings. The first kappa shape index (κ1) is 21.2. The predicted molar refractivity (Wildman–Crippen MR) is 117 cm³/mol. The number of nitrogens with one attached hydrogen (secondary N) is 2. The summed E-state index contributed by atoms with van der Waals surface area (Å²) in [7, 11) is 4.03. The second kappa shape index (κ2) is 10.3. The van der Waals surface area contributed by atoms with Gasteiger partial charge in [0, 0.05) is 30.6 Å². The van der Waals surface area contributed by atoms with Crippen molar-refractivity contribution in [2.24, 2.45) is 10.9 Å². The largest absolute Gasteiger partial charge is 0.359 e. The number of rotatable bonds is 5. The lowest BCUT2D eigenvalue weighted by Crippen LogP contribution is -2.44. The van der Waals surface area contributed by atoms with Gasteiger partial charge >= 0.3 is 0 Å². The van der Waals surface area contributed by atoms with Gasteiger partial charge in [-0.25, -0.2) is 0 Å². The molecule has 3 heterocycles. The molecular formula is C18H28IN5OS. The molecule has 2 aromatic heterocycles. The van der Waals surface area contributed by atoms with Crippen molar-refractivity contribution < 1.29 is 4.52 Å². The summed E-state index contributed by atoms with van der Waals surface area (Å²) in [6.07, 6.45) is 2.48. The van der Waals surface area contributed by atoms with E-state index in [1.165, 1.54) is 17.7 Å². The van der Waals surface area contributed by atoms with E-state index in [4.69, 9.17) is 4.52 Å². The number of aliphatic imine (C=N–C) groups is 1. The van der Waals surface area contributed by atoms with Crippen LogP contribution in [0.2, 0.25) is 0 Å². The van der Waals surface area contributed by atoms with Gasteiger partial charge < -0.3 is 15.2 Å². The minimum absolute atomic E-state index is 0. The summed E-state index contributed by atoms with van der Waals surface area (Å²) in [5.41, 5.74) is 0.892. The molecule has 2 unspecified atom stereocenters. The zero-order valence-corrected chi connectivity index (χ0v) is 18.7. The smallest absolute Gasteiger partial charge is 0.191 e. The van der Waals surface area contributed by atoms with Gasteiger partial charge in [-0.2, -0.15) is 0 Å². The fourth-order valence-corrected chi connectivity index (χ4v) is 4.48. The molecule has 1 aliphatic heterocycles. The normalized spacial score (nSPS) is 21.3. The molecule has 0 bridgehead atoms. The quantitative estimate of drug-likeness (QED) is 0.383. The number of hydrogen-bond acceptors (Lipinski definition) is 5. The van der Waals surface area contributed by atoms with Crippen LogP contribution in [-0.2, 0) is 6.54 Å². The average Bonchev–Trinajstić information content (AvgIpc) is 3.27. The maximum Gasteiger partial charge on any atom is 0.191 e. The third-order valence-corrected chi connectivity index (χ3v) is 5.65. The van der Waals surface area contributed by atoms with Gasteiger partial charge in [0.25, 0.3) is 0 Å². The number of guanidine groups is 1. The molecule has 2 atom stereocenters. The fourth-order valence-electron chi connectivity index (χ4n) is 3.50. The van der Waals surface area contributed by atoms with Crippen molar-refractivity contribution in [3.63, 3.8) is 0 Å². The number of halogens is 1. The molecule has 1 aliphatic rings. The van der Waals surface area contributed by atoms with Crippen LogP contribution in [0.25, 0.3) is 0 Å². The first-order chi connectivity index (χ1) is 12.2. The minimum Gasteiger partial charge on any atom is -0.359 e. The van der Waals surface area contributed by atoms with Crippen LogP contribution in [0.5, 0.6) is 0 Å². The summed E-state index contributed by atoms with van der Waals surface area (Å²) in [6.45, 7) is 4.57. The van der Waals surface area contributed by atoms with Crippen LogP contribution in [-0.4, -0.2) is 43.2 Å². The summed E-state index contributed by atoms with van der Waals surface area (Å²) < 4.78 is 5.23. The lowest BCUT2D eigenvalue weighted by molar-refractivity contribution is 0.125. The van der Waals surface area contributed by atoms with Gasteiger partial charge in [0.1, 0.15) is 0 Å². The lowest BCUT2D eigenvalue weighted by Gasteiger charge is -2.39. The Bertz CT molecular complexity index is 688. The SMILES string of the molecule is CN=C(NCc1cc(C)no1)NCC1CCCN(C)C1c1cccs1.I. The maximum atomic E-state index is 5.23. The van der Waals surface area contributed by atoms with E-state index in [1.54, 1.807) is 7.05 Å². The highest BCUT2D eigenvalue weighted by molar-refractivity contribution is 14.0.